The van der Waals surface area contributed by atoms with Crippen molar-refractivity contribution in [2.45, 2.75) is 46.4 Å². The van der Waals surface area contributed by atoms with Gasteiger partial charge in [0.15, 0.2) is 0 Å². The summed E-state index contributed by atoms with van der Waals surface area (Å²) in [5, 5.41) is 0.250. The van der Waals surface area contributed by atoms with Gasteiger partial charge in [-0.3, -0.25) is 5.43 Å². The molecule has 1 atom stereocenters. The maximum atomic E-state index is 11.4. The third kappa shape index (κ3) is 9.44. The summed E-state index contributed by atoms with van der Waals surface area (Å²) in [5.41, 5.74) is 4.32. The van der Waals surface area contributed by atoms with E-state index in [0.717, 1.165) is 0 Å². The second-order valence-electron chi connectivity index (χ2n) is 4.95. The Morgan fingerprint density at radius 1 is 1.42 bits per heavy atom. The highest BCUT2D eigenvalue weighted by Crippen LogP contribution is 2.07. The fourth-order valence-corrected chi connectivity index (χ4v) is 1.29. The van der Waals surface area contributed by atoms with Crippen LogP contribution in [0.15, 0.2) is 11.4 Å². The lowest BCUT2D eigenvalue weighted by atomic mass is 10.2. The molecule has 0 spiro atoms. The van der Waals surface area contributed by atoms with Crippen LogP contribution < -0.4 is 10.9 Å². The SMILES string of the molecule is CCOC(C)N(C)/C=C(/Cl)NNC(=O)OC(C)(C)C. The van der Waals surface area contributed by atoms with Crippen LogP contribution in [0.3, 0.4) is 0 Å². The summed E-state index contributed by atoms with van der Waals surface area (Å²) >= 11 is 5.92. The summed E-state index contributed by atoms with van der Waals surface area (Å²) in [6.45, 7) is 9.76. The van der Waals surface area contributed by atoms with E-state index in [1.165, 1.54) is 0 Å². The third-order valence-corrected chi connectivity index (χ3v) is 2.17. The molecule has 19 heavy (non-hydrogen) atoms. The number of hydrogen-bond acceptors (Lipinski definition) is 5. The monoisotopic (exact) mass is 293 g/mol. The number of hydrazine groups is 1. The number of amides is 1. The predicted octanol–water partition coefficient (Wildman–Crippen LogP) is 2.37. The van der Waals surface area contributed by atoms with Gasteiger partial charge >= 0.3 is 6.09 Å². The number of rotatable bonds is 6. The molecule has 1 amide bonds. The summed E-state index contributed by atoms with van der Waals surface area (Å²) < 4.78 is 10.4. The van der Waals surface area contributed by atoms with Crippen molar-refractivity contribution in [3.63, 3.8) is 0 Å². The van der Waals surface area contributed by atoms with E-state index in [1.807, 2.05) is 20.9 Å². The first-order chi connectivity index (χ1) is 8.65. The molecule has 0 saturated heterocycles. The largest absolute Gasteiger partial charge is 0.443 e. The van der Waals surface area contributed by atoms with Gasteiger partial charge in [0.05, 0.1) is 0 Å². The Morgan fingerprint density at radius 3 is 2.47 bits per heavy atom. The Kier molecular flexibility index (Phi) is 7.63. The number of ether oxygens (including phenoxy) is 2. The molecule has 0 rings (SSSR count). The van der Waals surface area contributed by atoms with E-state index in [9.17, 15) is 4.79 Å². The molecule has 6 nitrogen and oxygen atoms in total. The number of halogens is 1. The van der Waals surface area contributed by atoms with E-state index < -0.39 is 11.7 Å². The second kappa shape index (κ2) is 8.12. The van der Waals surface area contributed by atoms with Crippen molar-refractivity contribution < 1.29 is 14.3 Å². The molecule has 0 aromatic carbocycles. The standard InChI is InChI=1S/C12H24ClN3O3/c1-7-18-9(2)16(6)8-10(13)14-15-11(17)19-12(3,4)5/h8-9,14H,7H2,1-6H3,(H,15,17)/b10-8-. The molecule has 112 valence electrons. The first kappa shape index (κ1) is 17.9. The van der Waals surface area contributed by atoms with Crippen LogP contribution in [0, 0.1) is 0 Å². The number of nitrogens with one attached hydrogen (secondary N) is 2. The zero-order valence-electron chi connectivity index (χ0n) is 12.4. The lowest BCUT2D eigenvalue weighted by Gasteiger charge is -2.23. The summed E-state index contributed by atoms with van der Waals surface area (Å²) in [6, 6.07) is 0. The second-order valence-corrected chi connectivity index (χ2v) is 5.36. The van der Waals surface area contributed by atoms with Crippen LogP contribution in [0.1, 0.15) is 34.6 Å². The Hall–Kier alpha value is -1.14. The average Bonchev–Trinajstić information content (AvgIpc) is 2.24. The minimum absolute atomic E-state index is 0.109. The quantitative estimate of drug-likeness (QED) is 0.447. The van der Waals surface area contributed by atoms with E-state index in [4.69, 9.17) is 21.1 Å². The lowest BCUT2D eigenvalue weighted by Crippen LogP contribution is -2.40. The van der Waals surface area contributed by atoms with Crippen LogP contribution >= 0.6 is 11.6 Å². The predicted molar refractivity (Wildman–Crippen MR) is 75.3 cm³/mol. The van der Waals surface area contributed by atoms with Crippen LogP contribution in [0.25, 0.3) is 0 Å². The Bertz CT molecular complexity index is 316. The minimum atomic E-state index is -0.598. The highest BCUT2D eigenvalue weighted by Gasteiger charge is 2.15. The van der Waals surface area contributed by atoms with Gasteiger partial charge < -0.3 is 14.4 Å². The molecule has 0 aromatic heterocycles. The van der Waals surface area contributed by atoms with Gasteiger partial charge in [0.2, 0.25) is 0 Å². The molecule has 0 heterocycles. The molecule has 0 aliphatic carbocycles. The van der Waals surface area contributed by atoms with Crippen LogP contribution in [0.2, 0.25) is 0 Å². The van der Waals surface area contributed by atoms with Gasteiger partial charge in [-0.1, -0.05) is 11.6 Å². The molecule has 0 radical (unpaired) electrons. The number of hydrogen-bond donors (Lipinski definition) is 2. The van der Waals surface area contributed by atoms with E-state index in [0.29, 0.717) is 6.61 Å². The fourth-order valence-electron chi connectivity index (χ4n) is 1.09. The molecule has 0 aromatic rings. The Balaban J connectivity index is 4.16. The maximum absolute atomic E-state index is 11.4. The number of carbonyl (C=O) groups excluding carboxylic acids is 1. The van der Waals surface area contributed by atoms with Gasteiger partial charge in [-0.05, 0) is 34.6 Å². The van der Waals surface area contributed by atoms with Crippen LogP contribution in [0.4, 0.5) is 4.79 Å². The molecule has 0 aliphatic rings. The molecular weight excluding hydrogens is 270 g/mol. The maximum Gasteiger partial charge on any atom is 0.426 e. The molecule has 1 unspecified atom stereocenters. The average molecular weight is 294 g/mol. The highest BCUT2D eigenvalue weighted by atomic mass is 35.5. The summed E-state index contributed by atoms with van der Waals surface area (Å²) in [7, 11) is 1.82. The topological polar surface area (TPSA) is 62.8 Å². The van der Waals surface area contributed by atoms with Crippen molar-refractivity contribution in [3.8, 4) is 0 Å². The van der Waals surface area contributed by atoms with Gasteiger partial charge in [-0.25, -0.2) is 10.2 Å². The van der Waals surface area contributed by atoms with Crippen LogP contribution in [-0.2, 0) is 9.47 Å². The zero-order chi connectivity index (χ0) is 15.1. The van der Waals surface area contributed by atoms with Crippen molar-refractivity contribution in [1.82, 2.24) is 15.8 Å². The number of nitrogens with zero attached hydrogens (tertiary/aromatic N) is 1. The molecule has 0 aliphatic heterocycles. The molecule has 7 heteroatoms. The van der Waals surface area contributed by atoms with Gasteiger partial charge in [0.1, 0.15) is 17.0 Å². The summed E-state index contributed by atoms with van der Waals surface area (Å²) in [4.78, 5) is 13.1. The summed E-state index contributed by atoms with van der Waals surface area (Å²) in [6.07, 6.45) is 0.904. The van der Waals surface area contributed by atoms with Crippen molar-refractivity contribution in [2.75, 3.05) is 13.7 Å². The summed E-state index contributed by atoms with van der Waals surface area (Å²) in [5.74, 6) is 0. The van der Waals surface area contributed by atoms with Crippen LogP contribution in [-0.4, -0.2) is 36.5 Å². The van der Waals surface area contributed by atoms with Crippen molar-refractivity contribution in [1.29, 1.82) is 0 Å². The van der Waals surface area contributed by atoms with Crippen LogP contribution in [0.5, 0.6) is 0 Å². The van der Waals surface area contributed by atoms with Gasteiger partial charge in [-0.2, -0.15) is 0 Å². The molecule has 0 bridgehead atoms. The van der Waals surface area contributed by atoms with E-state index in [1.54, 1.807) is 31.9 Å². The fraction of sp³-hybridized carbons (Fsp3) is 0.750. The Labute approximate surface area is 120 Å². The van der Waals surface area contributed by atoms with E-state index in [-0.39, 0.29) is 11.4 Å². The van der Waals surface area contributed by atoms with Gasteiger partial charge in [0, 0.05) is 19.9 Å². The first-order valence-corrected chi connectivity index (χ1v) is 6.49. The van der Waals surface area contributed by atoms with Crippen molar-refractivity contribution in [2.24, 2.45) is 0 Å². The molecular formula is C12H24ClN3O3. The number of carbonyl (C=O) groups is 1. The Morgan fingerprint density at radius 2 is 2.00 bits per heavy atom. The highest BCUT2D eigenvalue weighted by molar-refractivity contribution is 6.29. The van der Waals surface area contributed by atoms with Gasteiger partial charge in [0.25, 0.3) is 0 Å². The molecule has 0 fully saturated rings. The zero-order valence-corrected chi connectivity index (χ0v) is 13.2. The first-order valence-electron chi connectivity index (χ1n) is 6.11. The lowest BCUT2D eigenvalue weighted by molar-refractivity contribution is -0.00620. The van der Waals surface area contributed by atoms with Gasteiger partial charge in [-0.15, -0.1) is 0 Å². The minimum Gasteiger partial charge on any atom is -0.443 e. The van der Waals surface area contributed by atoms with Crippen molar-refractivity contribution >= 4 is 17.7 Å². The third-order valence-electron chi connectivity index (χ3n) is 1.98. The molecule has 0 saturated carbocycles. The normalized spacial score (nSPS) is 13.7. The van der Waals surface area contributed by atoms with E-state index in [2.05, 4.69) is 10.9 Å². The van der Waals surface area contributed by atoms with E-state index >= 15 is 0 Å². The van der Waals surface area contributed by atoms with Crippen molar-refractivity contribution in [3.05, 3.63) is 11.4 Å². The molecule has 2 N–H and O–H groups in total. The smallest absolute Gasteiger partial charge is 0.426 e.